The van der Waals surface area contributed by atoms with E-state index in [9.17, 15) is 10.1 Å². The lowest BCUT2D eigenvalue weighted by atomic mass is 10.2. The lowest BCUT2D eigenvalue weighted by Crippen LogP contribution is -2.11. The van der Waals surface area contributed by atoms with Gasteiger partial charge in [-0.3, -0.25) is 10.1 Å². The molecule has 0 N–H and O–H groups in total. The number of thioether (sulfide) groups is 1. The van der Waals surface area contributed by atoms with Crippen LogP contribution < -0.4 is 4.90 Å². The molecule has 0 saturated carbocycles. The van der Waals surface area contributed by atoms with E-state index < -0.39 is 0 Å². The van der Waals surface area contributed by atoms with Crippen LogP contribution in [0, 0.1) is 10.1 Å². The number of nitrogens with zero attached hydrogens (tertiary/aromatic N) is 2. The van der Waals surface area contributed by atoms with Crippen molar-refractivity contribution in [3.8, 4) is 0 Å². The van der Waals surface area contributed by atoms with E-state index in [1.807, 2.05) is 24.3 Å². The van der Waals surface area contributed by atoms with E-state index in [1.54, 1.807) is 23.9 Å². The molecule has 3 rings (SSSR count). The van der Waals surface area contributed by atoms with Gasteiger partial charge in [-0.25, -0.2) is 0 Å². The fraction of sp³-hybridized carbons (Fsp3) is 0.0769. The average molecular weight is 258 g/mol. The summed E-state index contributed by atoms with van der Waals surface area (Å²) in [5.41, 5.74) is 2.10. The summed E-state index contributed by atoms with van der Waals surface area (Å²) in [6, 6.07) is 14.8. The van der Waals surface area contributed by atoms with Crippen LogP contribution in [0.2, 0.25) is 0 Å². The van der Waals surface area contributed by atoms with Crippen molar-refractivity contribution in [3.05, 3.63) is 58.6 Å². The van der Waals surface area contributed by atoms with Crippen LogP contribution in [0.3, 0.4) is 0 Å². The van der Waals surface area contributed by atoms with Crippen LogP contribution in [0.25, 0.3) is 0 Å². The van der Waals surface area contributed by atoms with Crippen molar-refractivity contribution in [2.45, 2.75) is 4.90 Å². The fourth-order valence-corrected chi connectivity index (χ4v) is 3.05. The van der Waals surface area contributed by atoms with E-state index in [2.05, 4.69) is 11.0 Å². The van der Waals surface area contributed by atoms with Crippen LogP contribution in [0.1, 0.15) is 0 Å². The molecule has 0 aliphatic carbocycles. The molecule has 1 aliphatic rings. The van der Waals surface area contributed by atoms with E-state index >= 15 is 0 Å². The summed E-state index contributed by atoms with van der Waals surface area (Å²) >= 11 is 1.74. The summed E-state index contributed by atoms with van der Waals surface area (Å²) in [6.07, 6.45) is 0. The van der Waals surface area contributed by atoms with E-state index in [1.165, 1.54) is 11.0 Å². The lowest BCUT2D eigenvalue weighted by molar-refractivity contribution is -0.384. The Hall–Kier alpha value is -2.01. The minimum Gasteiger partial charge on any atom is -0.330 e. The van der Waals surface area contributed by atoms with Gasteiger partial charge in [-0.05, 0) is 18.2 Å². The van der Waals surface area contributed by atoms with Crippen molar-refractivity contribution >= 4 is 28.8 Å². The number of fused-ring (bicyclic) bond motifs is 1. The normalized spacial score (nSPS) is 13.4. The molecule has 1 heterocycles. The zero-order chi connectivity index (χ0) is 12.5. The van der Waals surface area contributed by atoms with Gasteiger partial charge in [0, 0.05) is 22.7 Å². The van der Waals surface area contributed by atoms with Gasteiger partial charge in [0.15, 0.2) is 0 Å². The number of non-ortho nitro benzene ring substituents is 1. The zero-order valence-electron chi connectivity index (χ0n) is 9.45. The van der Waals surface area contributed by atoms with Gasteiger partial charge in [0.05, 0.1) is 16.5 Å². The Bertz CT molecular complexity index is 615. The Morgan fingerprint density at radius 3 is 2.83 bits per heavy atom. The SMILES string of the molecule is O=[N+]([O-])c1cccc(N2CSc3ccccc32)c1. The van der Waals surface area contributed by atoms with Crippen LogP contribution in [0.5, 0.6) is 0 Å². The predicted octanol–water partition coefficient (Wildman–Crippen LogP) is 3.80. The third kappa shape index (κ3) is 1.82. The van der Waals surface area contributed by atoms with Crippen molar-refractivity contribution in [1.29, 1.82) is 0 Å². The van der Waals surface area contributed by atoms with Gasteiger partial charge in [0.2, 0.25) is 0 Å². The highest BCUT2D eigenvalue weighted by Gasteiger charge is 2.21. The number of hydrogen-bond donors (Lipinski definition) is 0. The minimum atomic E-state index is -0.362. The highest BCUT2D eigenvalue weighted by molar-refractivity contribution is 7.99. The minimum absolute atomic E-state index is 0.127. The number of hydrogen-bond acceptors (Lipinski definition) is 4. The second-order valence-corrected chi connectivity index (χ2v) is 4.93. The molecule has 0 unspecified atom stereocenters. The molecule has 0 spiro atoms. The van der Waals surface area contributed by atoms with E-state index in [4.69, 9.17) is 0 Å². The first-order chi connectivity index (χ1) is 8.75. The summed E-state index contributed by atoms with van der Waals surface area (Å²) in [7, 11) is 0. The number of anilines is 2. The molecule has 2 aromatic rings. The Balaban J connectivity index is 2.02. The summed E-state index contributed by atoms with van der Waals surface area (Å²) < 4.78 is 0. The smallest absolute Gasteiger partial charge is 0.271 e. The quantitative estimate of drug-likeness (QED) is 0.607. The molecule has 0 atom stereocenters. The Kier molecular flexibility index (Phi) is 2.68. The topological polar surface area (TPSA) is 46.4 Å². The number of rotatable bonds is 2. The molecule has 0 saturated heterocycles. The largest absolute Gasteiger partial charge is 0.330 e. The molecule has 5 heteroatoms. The summed E-state index contributed by atoms with van der Waals surface area (Å²) in [5, 5.41) is 10.8. The fourth-order valence-electron chi connectivity index (χ4n) is 1.99. The van der Waals surface area contributed by atoms with Crippen molar-refractivity contribution in [2.24, 2.45) is 0 Å². The number of nitro groups is 1. The standard InChI is InChI=1S/C13H10N2O2S/c16-15(17)11-5-3-4-10(8-11)14-9-18-13-7-2-1-6-12(13)14/h1-8H,9H2. The molecule has 4 nitrogen and oxygen atoms in total. The number of benzene rings is 2. The lowest BCUT2D eigenvalue weighted by Gasteiger charge is -2.18. The molecule has 0 bridgehead atoms. The molecule has 18 heavy (non-hydrogen) atoms. The first kappa shape index (κ1) is 11.1. The Morgan fingerprint density at radius 2 is 2.00 bits per heavy atom. The highest BCUT2D eigenvalue weighted by atomic mass is 32.2. The van der Waals surface area contributed by atoms with Gasteiger partial charge in [0.1, 0.15) is 0 Å². The molecule has 0 amide bonds. The predicted molar refractivity (Wildman–Crippen MR) is 72.4 cm³/mol. The van der Waals surface area contributed by atoms with Crippen LogP contribution in [-0.4, -0.2) is 10.8 Å². The van der Waals surface area contributed by atoms with Crippen LogP contribution in [0.4, 0.5) is 17.1 Å². The molecule has 1 aliphatic heterocycles. The van der Waals surface area contributed by atoms with Gasteiger partial charge in [0.25, 0.3) is 5.69 Å². The third-order valence-corrected chi connectivity index (χ3v) is 3.90. The van der Waals surface area contributed by atoms with Gasteiger partial charge < -0.3 is 4.90 Å². The molecule has 2 aromatic carbocycles. The van der Waals surface area contributed by atoms with Crippen LogP contribution in [-0.2, 0) is 0 Å². The molecule has 90 valence electrons. The summed E-state index contributed by atoms with van der Waals surface area (Å²) in [6.45, 7) is 0. The maximum absolute atomic E-state index is 10.8. The van der Waals surface area contributed by atoms with Gasteiger partial charge in [-0.1, -0.05) is 18.2 Å². The first-order valence-corrected chi connectivity index (χ1v) is 6.48. The second-order valence-electron chi connectivity index (χ2n) is 3.95. The molecule has 0 radical (unpaired) electrons. The highest BCUT2D eigenvalue weighted by Crippen LogP contribution is 2.42. The monoisotopic (exact) mass is 258 g/mol. The number of para-hydroxylation sites is 1. The number of nitro benzene ring substituents is 1. The summed E-state index contributed by atoms with van der Waals surface area (Å²) in [5.74, 6) is 0.792. The molecular formula is C13H10N2O2S. The zero-order valence-corrected chi connectivity index (χ0v) is 10.3. The second kappa shape index (κ2) is 4.34. The van der Waals surface area contributed by atoms with Crippen LogP contribution in [0.15, 0.2) is 53.4 Å². The molecule has 0 aromatic heterocycles. The van der Waals surface area contributed by atoms with Gasteiger partial charge >= 0.3 is 0 Å². The molecular weight excluding hydrogens is 248 g/mol. The van der Waals surface area contributed by atoms with Crippen molar-refractivity contribution < 1.29 is 4.92 Å². The summed E-state index contributed by atoms with van der Waals surface area (Å²) in [4.78, 5) is 13.7. The van der Waals surface area contributed by atoms with E-state index in [0.717, 1.165) is 17.3 Å². The maximum atomic E-state index is 10.8. The van der Waals surface area contributed by atoms with E-state index in [0.29, 0.717) is 0 Å². The Labute approximate surface area is 108 Å². The van der Waals surface area contributed by atoms with Crippen molar-refractivity contribution in [2.75, 3.05) is 10.8 Å². The van der Waals surface area contributed by atoms with Crippen molar-refractivity contribution in [3.63, 3.8) is 0 Å². The Morgan fingerprint density at radius 1 is 1.17 bits per heavy atom. The maximum Gasteiger partial charge on any atom is 0.271 e. The van der Waals surface area contributed by atoms with Crippen molar-refractivity contribution in [1.82, 2.24) is 0 Å². The van der Waals surface area contributed by atoms with E-state index in [-0.39, 0.29) is 10.6 Å². The molecule has 0 fully saturated rings. The first-order valence-electron chi connectivity index (χ1n) is 5.49. The third-order valence-electron chi connectivity index (χ3n) is 2.86. The van der Waals surface area contributed by atoms with Gasteiger partial charge in [-0.15, -0.1) is 11.8 Å². The average Bonchev–Trinajstić information content (AvgIpc) is 2.82. The van der Waals surface area contributed by atoms with Crippen LogP contribution >= 0.6 is 11.8 Å². The van der Waals surface area contributed by atoms with Gasteiger partial charge in [-0.2, -0.15) is 0 Å².